The van der Waals surface area contributed by atoms with E-state index in [1.807, 2.05) is 72.8 Å². The fourth-order valence-electron chi connectivity index (χ4n) is 6.10. The first-order chi connectivity index (χ1) is 23.6. The molecule has 0 aliphatic rings. The highest BCUT2D eigenvalue weighted by atomic mass is 16.5. The van der Waals surface area contributed by atoms with E-state index in [2.05, 4.69) is 20.8 Å². The van der Waals surface area contributed by atoms with Crippen LogP contribution in [0.3, 0.4) is 0 Å². The Bertz CT molecular complexity index is 1220. The van der Waals surface area contributed by atoms with Gasteiger partial charge in [0.15, 0.2) is 0 Å². The summed E-state index contributed by atoms with van der Waals surface area (Å²) in [6, 6.07) is 23.2. The molecule has 1 atom stereocenters. The summed E-state index contributed by atoms with van der Waals surface area (Å²) in [5.74, 6) is 1.04. The molecule has 0 amide bonds. The van der Waals surface area contributed by atoms with E-state index in [0.29, 0.717) is 17.9 Å². The molecular formula is C44H64O4. The summed E-state index contributed by atoms with van der Waals surface area (Å²) >= 11 is 0. The molecule has 0 heterocycles. The van der Waals surface area contributed by atoms with Crippen LogP contribution in [0.25, 0.3) is 11.1 Å². The second-order valence-corrected chi connectivity index (χ2v) is 13.4. The van der Waals surface area contributed by atoms with Crippen LogP contribution >= 0.6 is 0 Å². The van der Waals surface area contributed by atoms with Crippen molar-refractivity contribution in [1.29, 1.82) is 0 Å². The van der Waals surface area contributed by atoms with Crippen molar-refractivity contribution in [2.45, 2.75) is 149 Å². The Morgan fingerprint density at radius 1 is 0.500 bits per heavy atom. The van der Waals surface area contributed by atoms with Gasteiger partial charge in [-0.05, 0) is 72.9 Å². The monoisotopic (exact) mass is 656 g/mol. The van der Waals surface area contributed by atoms with Crippen molar-refractivity contribution in [3.8, 4) is 22.6 Å². The number of benzene rings is 3. The van der Waals surface area contributed by atoms with Crippen LogP contribution in [0, 0.1) is 0 Å². The van der Waals surface area contributed by atoms with E-state index in [1.165, 1.54) is 109 Å². The Kier molecular flexibility index (Phi) is 20.4. The van der Waals surface area contributed by atoms with E-state index < -0.39 is 0 Å². The maximum absolute atomic E-state index is 12.8. The van der Waals surface area contributed by atoms with Gasteiger partial charge in [0.05, 0.1) is 18.3 Å². The van der Waals surface area contributed by atoms with E-state index in [1.54, 1.807) is 0 Å². The minimum Gasteiger partial charge on any atom is -0.494 e. The fourth-order valence-corrected chi connectivity index (χ4v) is 6.10. The van der Waals surface area contributed by atoms with Crippen molar-refractivity contribution in [2.24, 2.45) is 0 Å². The van der Waals surface area contributed by atoms with E-state index in [0.717, 1.165) is 41.9 Å². The quantitative estimate of drug-likeness (QED) is 0.0465. The van der Waals surface area contributed by atoms with Crippen LogP contribution in [0.4, 0.5) is 0 Å². The van der Waals surface area contributed by atoms with Crippen molar-refractivity contribution in [2.75, 3.05) is 13.2 Å². The van der Waals surface area contributed by atoms with Gasteiger partial charge in [0.2, 0.25) is 0 Å². The molecule has 1 unspecified atom stereocenters. The van der Waals surface area contributed by atoms with Gasteiger partial charge in [0.25, 0.3) is 0 Å². The lowest BCUT2D eigenvalue weighted by Gasteiger charge is -2.14. The molecule has 0 aliphatic carbocycles. The van der Waals surface area contributed by atoms with Crippen LogP contribution in [0.5, 0.6) is 11.5 Å². The summed E-state index contributed by atoms with van der Waals surface area (Å²) < 4.78 is 17.4. The Morgan fingerprint density at radius 2 is 0.938 bits per heavy atom. The summed E-state index contributed by atoms with van der Waals surface area (Å²) in [5, 5.41) is 0. The molecule has 0 saturated heterocycles. The van der Waals surface area contributed by atoms with Crippen molar-refractivity contribution in [3.63, 3.8) is 0 Å². The van der Waals surface area contributed by atoms with E-state index in [9.17, 15) is 4.79 Å². The number of ether oxygens (including phenoxy) is 3. The summed E-state index contributed by atoms with van der Waals surface area (Å²) in [5.41, 5.74) is 3.75. The van der Waals surface area contributed by atoms with Crippen molar-refractivity contribution in [1.82, 2.24) is 0 Å². The van der Waals surface area contributed by atoms with Crippen LogP contribution in [0.1, 0.15) is 165 Å². The van der Waals surface area contributed by atoms with Crippen molar-refractivity contribution < 1.29 is 19.0 Å². The minimum absolute atomic E-state index is 0.000632. The van der Waals surface area contributed by atoms with Gasteiger partial charge in [-0.15, -0.1) is 0 Å². The highest BCUT2D eigenvalue weighted by Gasteiger charge is 2.12. The Balaban J connectivity index is 1.20. The maximum Gasteiger partial charge on any atom is 0.343 e. The molecule has 264 valence electrons. The third kappa shape index (κ3) is 16.3. The lowest BCUT2D eigenvalue weighted by atomic mass is 10.0. The van der Waals surface area contributed by atoms with Crippen LogP contribution in [0.2, 0.25) is 0 Å². The number of carbonyl (C=O) groups excluding carboxylic acids is 1. The Morgan fingerprint density at radius 3 is 1.40 bits per heavy atom. The Hall–Kier alpha value is -3.11. The first-order valence-corrected chi connectivity index (χ1v) is 19.4. The predicted molar refractivity (Wildman–Crippen MR) is 202 cm³/mol. The number of hydrogen-bond donors (Lipinski definition) is 0. The van der Waals surface area contributed by atoms with E-state index in [-0.39, 0.29) is 12.1 Å². The third-order valence-corrected chi connectivity index (χ3v) is 9.21. The van der Waals surface area contributed by atoms with Gasteiger partial charge < -0.3 is 14.2 Å². The summed E-state index contributed by atoms with van der Waals surface area (Å²) in [7, 11) is 0. The normalized spacial score (nSPS) is 11.8. The highest BCUT2D eigenvalue weighted by Crippen LogP contribution is 2.26. The number of hydrogen-bond acceptors (Lipinski definition) is 4. The van der Waals surface area contributed by atoms with E-state index >= 15 is 0 Å². The topological polar surface area (TPSA) is 44.8 Å². The molecule has 4 nitrogen and oxygen atoms in total. The smallest absolute Gasteiger partial charge is 0.343 e. The molecule has 0 radical (unpaired) electrons. The standard InChI is InChI=1S/C44H64O4/c1-4-6-7-8-9-10-11-12-13-14-15-16-17-18-19-20-21-22-36-46-37(3)38-23-25-41(26-24-38)44(45)48-43-33-29-40(30-34-43)39-27-31-42(32-28-39)47-35-5-2/h23-34,37H,4-22,35-36H2,1-3H3. The molecule has 3 aromatic rings. The maximum atomic E-state index is 12.8. The number of rotatable bonds is 27. The van der Waals surface area contributed by atoms with Crippen LogP contribution in [-0.2, 0) is 4.74 Å². The van der Waals surface area contributed by atoms with Gasteiger partial charge in [-0.3, -0.25) is 0 Å². The van der Waals surface area contributed by atoms with Crippen LogP contribution in [-0.4, -0.2) is 19.2 Å². The zero-order valence-corrected chi connectivity index (χ0v) is 30.5. The predicted octanol–water partition coefficient (Wildman–Crippen LogP) is 13.5. The molecule has 4 heteroatoms. The zero-order valence-electron chi connectivity index (χ0n) is 30.5. The van der Waals surface area contributed by atoms with Gasteiger partial charge in [-0.25, -0.2) is 4.79 Å². The van der Waals surface area contributed by atoms with Gasteiger partial charge in [-0.2, -0.15) is 0 Å². The third-order valence-electron chi connectivity index (χ3n) is 9.21. The van der Waals surface area contributed by atoms with Gasteiger partial charge >= 0.3 is 5.97 Å². The highest BCUT2D eigenvalue weighted by molar-refractivity contribution is 5.91. The van der Waals surface area contributed by atoms with Gasteiger partial charge in [0, 0.05) is 6.61 Å². The number of unbranched alkanes of at least 4 members (excludes halogenated alkanes) is 17. The van der Waals surface area contributed by atoms with Crippen LogP contribution in [0.15, 0.2) is 72.8 Å². The molecule has 0 spiro atoms. The molecule has 0 bridgehead atoms. The molecule has 3 aromatic carbocycles. The molecule has 0 aliphatic heterocycles. The van der Waals surface area contributed by atoms with Crippen molar-refractivity contribution >= 4 is 5.97 Å². The first-order valence-electron chi connectivity index (χ1n) is 19.4. The molecular weight excluding hydrogens is 592 g/mol. The largest absolute Gasteiger partial charge is 0.494 e. The number of esters is 1. The number of carbonyl (C=O) groups is 1. The lowest BCUT2D eigenvalue weighted by molar-refractivity contribution is 0.0626. The Labute approximate surface area is 293 Å². The molecule has 0 N–H and O–H groups in total. The molecule has 0 fully saturated rings. The lowest BCUT2D eigenvalue weighted by Crippen LogP contribution is -2.09. The summed E-state index contributed by atoms with van der Waals surface area (Å²) in [4.78, 5) is 12.8. The first kappa shape index (κ1) is 39.3. The summed E-state index contributed by atoms with van der Waals surface area (Å²) in [6.07, 6.45) is 25.9. The zero-order chi connectivity index (χ0) is 34.1. The average Bonchev–Trinajstić information content (AvgIpc) is 3.12. The summed E-state index contributed by atoms with van der Waals surface area (Å²) in [6.45, 7) is 7.95. The van der Waals surface area contributed by atoms with Gasteiger partial charge in [-0.1, -0.05) is 159 Å². The fraction of sp³-hybridized carbons (Fsp3) is 0.568. The second-order valence-electron chi connectivity index (χ2n) is 13.4. The molecule has 0 saturated carbocycles. The molecule has 48 heavy (non-hydrogen) atoms. The van der Waals surface area contributed by atoms with Gasteiger partial charge in [0.1, 0.15) is 11.5 Å². The minimum atomic E-state index is -0.362. The average molecular weight is 657 g/mol. The SMILES string of the molecule is CCCCCCCCCCCCCCCCCCCCOC(C)c1ccc(C(=O)Oc2ccc(-c3ccc(OCCC)cc3)cc2)cc1. The van der Waals surface area contributed by atoms with Crippen molar-refractivity contribution in [3.05, 3.63) is 83.9 Å². The van der Waals surface area contributed by atoms with Crippen LogP contribution < -0.4 is 9.47 Å². The van der Waals surface area contributed by atoms with E-state index in [4.69, 9.17) is 14.2 Å². The second kappa shape index (κ2) is 24.9. The molecule has 0 aromatic heterocycles. The molecule has 3 rings (SSSR count).